The number of rotatable bonds is 8. The molecule has 5 rings (SSSR count). The minimum atomic E-state index is -0.0238. The van der Waals surface area contributed by atoms with Gasteiger partial charge in [-0.1, -0.05) is 25.3 Å². The summed E-state index contributed by atoms with van der Waals surface area (Å²) in [6.45, 7) is 4.00. The summed E-state index contributed by atoms with van der Waals surface area (Å²) >= 11 is 0. The summed E-state index contributed by atoms with van der Waals surface area (Å²) in [5.74, 6) is 3.02. The van der Waals surface area contributed by atoms with Crippen molar-refractivity contribution in [1.82, 2.24) is 10.2 Å². The quantitative estimate of drug-likeness (QED) is 0.566. The van der Waals surface area contributed by atoms with E-state index in [4.69, 9.17) is 14.2 Å². The lowest BCUT2D eigenvalue weighted by Crippen LogP contribution is -2.44. The molecule has 2 aromatic carbocycles. The second kappa shape index (κ2) is 11.2. The van der Waals surface area contributed by atoms with Crippen molar-refractivity contribution in [2.45, 2.75) is 57.5 Å². The van der Waals surface area contributed by atoms with Crippen molar-refractivity contribution >= 4 is 11.6 Å². The molecule has 0 radical (unpaired) electrons. The Morgan fingerprint density at radius 1 is 1.00 bits per heavy atom. The average Bonchev–Trinajstić information content (AvgIpc) is 3.37. The maximum atomic E-state index is 13.3. The van der Waals surface area contributed by atoms with Gasteiger partial charge in [0, 0.05) is 37.9 Å². The molecule has 1 aliphatic carbocycles. The fourth-order valence-corrected chi connectivity index (χ4v) is 5.43. The van der Waals surface area contributed by atoms with Gasteiger partial charge in [0.25, 0.3) is 5.91 Å². The molecule has 0 aromatic heterocycles. The van der Waals surface area contributed by atoms with Crippen LogP contribution >= 0.6 is 0 Å². The highest BCUT2D eigenvalue weighted by atomic mass is 16.7. The SMILES string of the molecule is COc1ccc(NCC2CCCCC2)c(C(=O)NC2CCN(Cc3ccc4c(c3)OCO4)CC2)c1. The van der Waals surface area contributed by atoms with Crippen LogP contribution in [-0.2, 0) is 6.54 Å². The summed E-state index contributed by atoms with van der Waals surface area (Å²) in [5.41, 5.74) is 2.79. The maximum Gasteiger partial charge on any atom is 0.253 e. The van der Waals surface area contributed by atoms with Gasteiger partial charge in [0.15, 0.2) is 11.5 Å². The summed E-state index contributed by atoms with van der Waals surface area (Å²) in [4.78, 5) is 15.7. The molecule has 0 spiro atoms. The summed E-state index contributed by atoms with van der Waals surface area (Å²) in [5, 5.41) is 6.85. The molecule has 7 heteroatoms. The minimum Gasteiger partial charge on any atom is -0.497 e. The summed E-state index contributed by atoms with van der Waals surface area (Å²) in [6, 6.07) is 12.1. The number of nitrogens with zero attached hydrogens (tertiary/aromatic N) is 1. The van der Waals surface area contributed by atoms with Gasteiger partial charge in [-0.3, -0.25) is 9.69 Å². The Bertz CT molecular complexity index is 1010. The van der Waals surface area contributed by atoms with E-state index in [1.807, 2.05) is 24.3 Å². The van der Waals surface area contributed by atoms with Crippen molar-refractivity contribution in [2.24, 2.45) is 5.92 Å². The van der Waals surface area contributed by atoms with Crippen molar-refractivity contribution in [2.75, 3.05) is 38.9 Å². The van der Waals surface area contributed by atoms with Crippen LogP contribution in [0, 0.1) is 5.92 Å². The molecule has 2 heterocycles. The lowest BCUT2D eigenvalue weighted by Gasteiger charge is -2.32. The maximum absolute atomic E-state index is 13.3. The van der Waals surface area contributed by atoms with Crippen LogP contribution in [0.25, 0.3) is 0 Å². The second-order valence-electron chi connectivity index (χ2n) is 10.0. The van der Waals surface area contributed by atoms with E-state index in [1.165, 1.54) is 37.7 Å². The van der Waals surface area contributed by atoms with Crippen LogP contribution in [0.4, 0.5) is 5.69 Å². The molecule has 1 amide bonds. The Morgan fingerprint density at radius 2 is 1.80 bits per heavy atom. The van der Waals surface area contributed by atoms with Gasteiger partial charge in [-0.2, -0.15) is 0 Å². The van der Waals surface area contributed by atoms with Gasteiger partial charge in [-0.25, -0.2) is 0 Å². The van der Waals surface area contributed by atoms with Crippen molar-refractivity contribution in [3.05, 3.63) is 47.5 Å². The number of fused-ring (bicyclic) bond motifs is 1. The first-order valence-corrected chi connectivity index (χ1v) is 13.0. The van der Waals surface area contributed by atoms with Crippen molar-refractivity contribution in [1.29, 1.82) is 0 Å². The predicted octanol–water partition coefficient (Wildman–Crippen LogP) is 4.81. The zero-order chi connectivity index (χ0) is 24.0. The van der Waals surface area contributed by atoms with E-state index in [0.717, 1.165) is 56.2 Å². The van der Waals surface area contributed by atoms with Gasteiger partial charge >= 0.3 is 0 Å². The Balaban J connectivity index is 1.15. The number of ether oxygens (including phenoxy) is 3. The molecule has 2 N–H and O–H groups in total. The summed E-state index contributed by atoms with van der Waals surface area (Å²) < 4.78 is 16.3. The van der Waals surface area contributed by atoms with E-state index in [2.05, 4.69) is 27.7 Å². The minimum absolute atomic E-state index is 0.0238. The Hall–Kier alpha value is -2.93. The number of likely N-dealkylation sites (tertiary alicyclic amines) is 1. The molecule has 2 aliphatic heterocycles. The highest BCUT2D eigenvalue weighted by Crippen LogP contribution is 2.33. The zero-order valence-electron chi connectivity index (χ0n) is 20.7. The molecule has 1 saturated heterocycles. The topological polar surface area (TPSA) is 72.1 Å². The first-order valence-electron chi connectivity index (χ1n) is 13.0. The normalized spacial score (nSPS) is 18.9. The highest BCUT2D eigenvalue weighted by molar-refractivity contribution is 6.00. The van der Waals surface area contributed by atoms with Gasteiger partial charge in [0.2, 0.25) is 6.79 Å². The van der Waals surface area contributed by atoms with Crippen LogP contribution in [0.2, 0.25) is 0 Å². The van der Waals surface area contributed by atoms with E-state index in [0.29, 0.717) is 24.0 Å². The molecule has 3 aliphatic rings. The van der Waals surface area contributed by atoms with Gasteiger partial charge in [-0.05, 0) is 67.5 Å². The molecular formula is C28H37N3O4. The number of carbonyl (C=O) groups excluding carboxylic acids is 1. The lowest BCUT2D eigenvalue weighted by atomic mass is 9.89. The first-order chi connectivity index (χ1) is 17.2. The van der Waals surface area contributed by atoms with Crippen LogP contribution in [0.5, 0.6) is 17.2 Å². The Labute approximate surface area is 208 Å². The second-order valence-corrected chi connectivity index (χ2v) is 10.0. The van der Waals surface area contributed by atoms with E-state index in [9.17, 15) is 4.79 Å². The van der Waals surface area contributed by atoms with E-state index in [-0.39, 0.29) is 11.9 Å². The lowest BCUT2D eigenvalue weighted by molar-refractivity contribution is 0.0909. The van der Waals surface area contributed by atoms with Gasteiger partial charge < -0.3 is 24.8 Å². The van der Waals surface area contributed by atoms with Crippen molar-refractivity contribution in [3.63, 3.8) is 0 Å². The number of anilines is 1. The van der Waals surface area contributed by atoms with Crippen molar-refractivity contribution < 1.29 is 19.0 Å². The van der Waals surface area contributed by atoms with E-state index >= 15 is 0 Å². The molecule has 35 heavy (non-hydrogen) atoms. The third-order valence-electron chi connectivity index (χ3n) is 7.54. The number of hydrogen-bond donors (Lipinski definition) is 2. The number of benzene rings is 2. The molecule has 0 unspecified atom stereocenters. The molecule has 2 aromatic rings. The number of methoxy groups -OCH3 is 1. The molecule has 1 saturated carbocycles. The van der Waals surface area contributed by atoms with E-state index < -0.39 is 0 Å². The average molecular weight is 480 g/mol. The smallest absolute Gasteiger partial charge is 0.253 e. The first kappa shape index (κ1) is 23.8. The number of carbonyl (C=O) groups is 1. The predicted molar refractivity (Wildman–Crippen MR) is 136 cm³/mol. The third kappa shape index (κ3) is 6.01. The molecular weight excluding hydrogens is 442 g/mol. The Morgan fingerprint density at radius 3 is 2.60 bits per heavy atom. The fraction of sp³-hybridized carbons (Fsp3) is 0.536. The fourth-order valence-electron chi connectivity index (χ4n) is 5.43. The molecule has 0 bridgehead atoms. The van der Waals surface area contributed by atoms with Gasteiger partial charge in [0.1, 0.15) is 5.75 Å². The largest absolute Gasteiger partial charge is 0.497 e. The number of piperidine rings is 1. The Kier molecular flexibility index (Phi) is 7.62. The summed E-state index contributed by atoms with van der Waals surface area (Å²) in [7, 11) is 1.64. The number of hydrogen-bond acceptors (Lipinski definition) is 6. The number of amides is 1. The number of nitrogens with one attached hydrogen (secondary N) is 2. The molecule has 7 nitrogen and oxygen atoms in total. The molecule has 2 fully saturated rings. The van der Waals surface area contributed by atoms with Crippen LogP contribution in [0.15, 0.2) is 36.4 Å². The van der Waals surface area contributed by atoms with Crippen molar-refractivity contribution in [3.8, 4) is 17.2 Å². The van der Waals surface area contributed by atoms with Gasteiger partial charge in [0.05, 0.1) is 12.7 Å². The standard InChI is InChI=1S/C28H37N3O4/c1-33-23-8-9-25(29-17-20-5-3-2-4-6-20)24(16-23)28(32)30-22-11-13-31(14-12-22)18-21-7-10-26-27(15-21)35-19-34-26/h7-10,15-16,20,22,29H,2-6,11-14,17-19H2,1H3,(H,30,32). The zero-order valence-corrected chi connectivity index (χ0v) is 20.7. The van der Waals surface area contributed by atoms with E-state index in [1.54, 1.807) is 7.11 Å². The van der Waals surface area contributed by atoms with Crippen LogP contribution < -0.4 is 24.8 Å². The third-order valence-corrected chi connectivity index (χ3v) is 7.54. The molecule has 0 atom stereocenters. The highest BCUT2D eigenvalue weighted by Gasteiger charge is 2.24. The van der Waals surface area contributed by atoms with Gasteiger partial charge in [-0.15, -0.1) is 0 Å². The van der Waals surface area contributed by atoms with Crippen LogP contribution in [0.1, 0.15) is 60.9 Å². The van der Waals surface area contributed by atoms with Crippen LogP contribution in [0.3, 0.4) is 0 Å². The monoisotopic (exact) mass is 479 g/mol. The summed E-state index contributed by atoms with van der Waals surface area (Å²) in [6.07, 6.45) is 8.40. The molecule has 188 valence electrons. The van der Waals surface area contributed by atoms with Crippen LogP contribution in [-0.4, -0.2) is 50.4 Å².